The lowest BCUT2D eigenvalue weighted by atomic mass is 9.94. The number of nitrogens with one attached hydrogen (secondary N) is 1. The van der Waals surface area contributed by atoms with E-state index < -0.39 is 10.2 Å². The summed E-state index contributed by atoms with van der Waals surface area (Å²) in [5, 5.41) is 9.48. The van der Waals surface area contributed by atoms with Crippen LogP contribution in [0.3, 0.4) is 0 Å². The molecule has 124 valence electrons. The Balaban J connectivity index is 1.78. The van der Waals surface area contributed by atoms with Crippen LogP contribution in [0, 0.1) is 17.8 Å². The molecule has 1 aliphatic heterocycles. The molecule has 1 heterocycles. The Morgan fingerprint density at radius 1 is 1.19 bits per heavy atom. The molecule has 0 aromatic rings. The molecule has 1 saturated heterocycles. The molecule has 2 N–H and O–H groups in total. The van der Waals surface area contributed by atoms with E-state index in [0.717, 1.165) is 19.3 Å². The number of aliphatic hydroxyl groups excluding tert-OH is 1. The highest BCUT2D eigenvalue weighted by atomic mass is 32.2. The van der Waals surface area contributed by atoms with Crippen LogP contribution >= 0.6 is 0 Å². The smallest absolute Gasteiger partial charge is 0.279 e. The van der Waals surface area contributed by atoms with Gasteiger partial charge in [-0.1, -0.05) is 32.6 Å². The lowest BCUT2D eigenvalue weighted by Crippen LogP contribution is -2.46. The zero-order chi connectivity index (χ0) is 15.3. The van der Waals surface area contributed by atoms with Crippen molar-refractivity contribution in [3.63, 3.8) is 0 Å². The normalized spacial score (nSPS) is 24.5. The van der Waals surface area contributed by atoms with Crippen molar-refractivity contribution in [1.82, 2.24) is 9.03 Å². The third kappa shape index (κ3) is 5.20. The molecule has 0 aromatic carbocycles. The lowest BCUT2D eigenvalue weighted by Gasteiger charge is -2.30. The third-order valence-electron chi connectivity index (χ3n) is 5.04. The minimum Gasteiger partial charge on any atom is -0.396 e. The molecule has 1 aliphatic carbocycles. The van der Waals surface area contributed by atoms with Gasteiger partial charge in [-0.3, -0.25) is 0 Å². The first-order valence-electron chi connectivity index (χ1n) is 8.37. The lowest BCUT2D eigenvalue weighted by molar-refractivity contribution is 0.201. The zero-order valence-corrected chi connectivity index (χ0v) is 13.9. The minimum atomic E-state index is -3.37. The van der Waals surface area contributed by atoms with Gasteiger partial charge in [-0.05, 0) is 37.0 Å². The van der Waals surface area contributed by atoms with Gasteiger partial charge in [-0.25, -0.2) is 4.72 Å². The summed E-state index contributed by atoms with van der Waals surface area (Å²) in [6.07, 6.45) is 7.83. The molecule has 0 spiro atoms. The van der Waals surface area contributed by atoms with E-state index in [0.29, 0.717) is 31.5 Å². The molecule has 2 aliphatic rings. The van der Waals surface area contributed by atoms with E-state index in [4.69, 9.17) is 0 Å². The number of piperidine rings is 1. The highest BCUT2D eigenvalue weighted by molar-refractivity contribution is 7.87. The average molecular weight is 318 g/mol. The molecule has 0 amide bonds. The van der Waals surface area contributed by atoms with Crippen LogP contribution in [0.1, 0.15) is 51.9 Å². The van der Waals surface area contributed by atoms with E-state index in [2.05, 4.69) is 11.6 Å². The maximum absolute atomic E-state index is 12.3. The quantitative estimate of drug-likeness (QED) is 0.751. The number of aliphatic hydroxyl groups is 1. The summed E-state index contributed by atoms with van der Waals surface area (Å²) in [5.74, 6) is 1.33. The summed E-state index contributed by atoms with van der Waals surface area (Å²) in [6, 6.07) is 0. The number of hydrogen-bond donors (Lipinski definition) is 2. The van der Waals surface area contributed by atoms with Gasteiger partial charge in [0.25, 0.3) is 10.2 Å². The summed E-state index contributed by atoms with van der Waals surface area (Å²) in [7, 11) is -3.37. The average Bonchev–Trinajstić information content (AvgIpc) is 2.97. The monoisotopic (exact) mass is 318 g/mol. The van der Waals surface area contributed by atoms with Crippen LogP contribution in [0.5, 0.6) is 0 Å². The molecular weight excluding hydrogens is 288 g/mol. The molecule has 0 aromatic heterocycles. The van der Waals surface area contributed by atoms with Gasteiger partial charge in [0, 0.05) is 26.2 Å². The zero-order valence-electron chi connectivity index (χ0n) is 13.1. The predicted octanol–water partition coefficient (Wildman–Crippen LogP) is 1.74. The maximum atomic E-state index is 12.3. The Labute approximate surface area is 129 Å². The first-order chi connectivity index (χ1) is 10.0. The predicted molar refractivity (Wildman–Crippen MR) is 84.0 cm³/mol. The van der Waals surface area contributed by atoms with Crippen molar-refractivity contribution < 1.29 is 13.5 Å². The van der Waals surface area contributed by atoms with E-state index in [1.165, 1.54) is 25.7 Å². The largest absolute Gasteiger partial charge is 0.396 e. The Hall–Kier alpha value is -0.170. The SMILES string of the molecule is CC1CCN(S(=O)(=O)NCC(CO)CC2CCCC2)CC1. The van der Waals surface area contributed by atoms with E-state index in [1.807, 2.05) is 0 Å². The fourth-order valence-corrected chi connectivity index (χ4v) is 4.80. The fraction of sp³-hybridized carbons (Fsp3) is 1.00. The Bertz CT molecular complexity index is 399. The highest BCUT2D eigenvalue weighted by Gasteiger charge is 2.27. The van der Waals surface area contributed by atoms with Crippen LogP contribution in [-0.4, -0.2) is 44.1 Å². The van der Waals surface area contributed by atoms with Crippen molar-refractivity contribution >= 4 is 10.2 Å². The Morgan fingerprint density at radius 3 is 2.38 bits per heavy atom. The maximum Gasteiger partial charge on any atom is 0.279 e. The van der Waals surface area contributed by atoms with Gasteiger partial charge in [0.2, 0.25) is 0 Å². The van der Waals surface area contributed by atoms with Gasteiger partial charge in [0.15, 0.2) is 0 Å². The summed E-state index contributed by atoms with van der Waals surface area (Å²) in [4.78, 5) is 0. The van der Waals surface area contributed by atoms with E-state index in [1.54, 1.807) is 4.31 Å². The second kappa shape index (κ2) is 7.90. The van der Waals surface area contributed by atoms with Gasteiger partial charge in [0.1, 0.15) is 0 Å². The molecule has 5 nitrogen and oxygen atoms in total. The standard InChI is InChI=1S/C15H30N2O3S/c1-13-6-8-17(9-7-13)21(19,20)16-11-15(12-18)10-14-4-2-3-5-14/h13-16,18H,2-12H2,1H3. The fourth-order valence-electron chi connectivity index (χ4n) is 3.48. The molecule has 0 radical (unpaired) electrons. The second-order valence-corrected chi connectivity index (χ2v) is 8.63. The molecule has 0 bridgehead atoms. The molecule has 6 heteroatoms. The minimum absolute atomic E-state index is 0.0478. The van der Waals surface area contributed by atoms with Crippen molar-refractivity contribution in [3.05, 3.63) is 0 Å². The van der Waals surface area contributed by atoms with Crippen molar-refractivity contribution in [2.24, 2.45) is 17.8 Å². The first-order valence-corrected chi connectivity index (χ1v) is 9.81. The first kappa shape index (κ1) is 17.2. The van der Waals surface area contributed by atoms with Gasteiger partial charge in [0.05, 0.1) is 0 Å². The molecular formula is C15H30N2O3S. The summed E-state index contributed by atoms with van der Waals surface area (Å²) in [6.45, 7) is 3.82. The van der Waals surface area contributed by atoms with E-state index in [-0.39, 0.29) is 12.5 Å². The van der Waals surface area contributed by atoms with Crippen LogP contribution < -0.4 is 4.72 Å². The van der Waals surface area contributed by atoms with Crippen LogP contribution in [0.15, 0.2) is 0 Å². The third-order valence-corrected chi connectivity index (χ3v) is 6.61. The highest BCUT2D eigenvalue weighted by Crippen LogP contribution is 2.30. The van der Waals surface area contributed by atoms with E-state index in [9.17, 15) is 13.5 Å². The van der Waals surface area contributed by atoms with Crippen LogP contribution in [0.4, 0.5) is 0 Å². The molecule has 1 saturated carbocycles. The van der Waals surface area contributed by atoms with Crippen LogP contribution in [0.2, 0.25) is 0 Å². The van der Waals surface area contributed by atoms with Crippen molar-refractivity contribution in [2.75, 3.05) is 26.2 Å². The Kier molecular flexibility index (Phi) is 6.47. The molecule has 2 rings (SSSR count). The van der Waals surface area contributed by atoms with Gasteiger partial charge >= 0.3 is 0 Å². The van der Waals surface area contributed by atoms with Crippen molar-refractivity contribution in [2.45, 2.75) is 51.9 Å². The van der Waals surface area contributed by atoms with Crippen molar-refractivity contribution in [3.8, 4) is 0 Å². The van der Waals surface area contributed by atoms with Crippen LogP contribution in [0.25, 0.3) is 0 Å². The molecule has 1 unspecified atom stereocenters. The molecule has 21 heavy (non-hydrogen) atoms. The van der Waals surface area contributed by atoms with Crippen molar-refractivity contribution in [1.29, 1.82) is 0 Å². The Morgan fingerprint density at radius 2 is 1.81 bits per heavy atom. The summed E-state index contributed by atoms with van der Waals surface area (Å²) in [5.41, 5.74) is 0. The topological polar surface area (TPSA) is 69.6 Å². The number of nitrogens with zero attached hydrogens (tertiary/aromatic N) is 1. The molecule has 2 fully saturated rings. The number of hydrogen-bond acceptors (Lipinski definition) is 3. The summed E-state index contributed by atoms with van der Waals surface area (Å²) < 4.78 is 28.8. The van der Waals surface area contributed by atoms with Gasteiger partial charge in [-0.15, -0.1) is 0 Å². The second-order valence-electron chi connectivity index (χ2n) is 6.87. The van der Waals surface area contributed by atoms with Gasteiger partial charge < -0.3 is 5.11 Å². The van der Waals surface area contributed by atoms with E-state index >= 15 is 0 Å². The van der Waals surface area contributed by atoms with Gasteiger partial charge in [-0.2, -0.15) is 12.7 Å². The summed E-state index contributed by atoms with van der Waals surface area (Å²) >= 11 is 0. The number of rotatable bonds is 7. The van der Waals surface area contributed by atoms with Crippen LogP contribution in [-0.2, 0) is 10.2 Å². The molecule has 1 atom stereocenters.